The van der Waals surface area contributed by atoms with Crippen molar-refractivity contribution >= 4 is 5.78 Å². The molecule has 0 aliphatic carbocycles. The fraction of sp³-hybridized carbons (Fsp3) is 0.316. The number of hydrogen-bond donors (Lipinski definition) is 0. The van der Waals surface area contributed by atoms with Crippen molar-refractivity contribution in [3.05, 3.63) is 71.8 Å². The van der Waals surface area contributed by atoms with Crippen LogP contribution in [0.5, 0.6) is 0 Å². The molecule has 0 radical (unpaired) electrons. The highest BCUT2D eigenvalue weighted by Gasteiger charge is 2.20. The largest absolute Gasteiger partial charge is 0.298 e. The number of rotatable bonds is 7. The molecule has 0 fully saturated rings. The van der Waals surface area contributed by atoms with Crippen LogP contribution in [0, 0.1) is 0 Å². The van der Waals surface area contributed by atoms with E-state index in [0.29, 0.717) is 12.2 Å². The minimum atomic E-state index is -0.0598. The van der Waals surface area contributed by atoms with E-state index in [1.54, 1.807) is 0 Å². The molecule has 1 atom stereocenters. The van der Waals surface area contributed by atoms with Gasteiger partial charge in [0.2, 0.25) is 0 Å². The molecule has 0 saturated carbocycles. The van der Waals surface area contributed by atoms with Crippen LogP contribution in [0.1, 0.15) is 31.4 Å². The van der Waals surface area contributed by atoms with Crippen LogP contribution in [-0.2, 0) is 17.9 Å². The monoisotopic (exact) mass is 281 g/mol. The number of hydrogen-bond acceptors (Lipinski definition) is 2. The van der Waals surface area contributed by atoms with E-state index in [1.165, 1.54) is 11.1 Å². The molecule has 0 unspecified atom stereocenters. The van der Waals surface area contributed by atoms with Crippen LogP contribution in [0.3, 0.4) is 0 Å². The van der Waals surface area contributed by atoms with Gasteiger partial charge < -0.3 is 0 Å². The van der Waals surface area contributed by atoms with E-state index in [9.17, 15) is 4.79 Å². The van der Waals surface area contributed by atoms with Crippen LogP contribution in [0.25, 0.3) is 0 Å². The molecule has 0 amide bonds. The van der Waals surface area contributed by atoms with Gasteiger partial charge in [-0.05, 0) is 18.1 Å². The van der Waals surface area contributed by atoms with Crippen LogP contribution >= 0.6 is 0 Å². The van der Waals surface area contributed by atoms with Crippen LogP contribution in [-0.4, -0.2) is 16.7 Å². The Morgan fingerprint density at radius 1 is 0.905 bits per heavy atom. The topological polar surface area (TPSA) is 20.3 Å². The van der Waals surface area contributed by atoms with Gasteiger partial charge in [-0.2, -0.15) is 0 Å². The number of carbonyl (C=O) groups excluding carboxylic acids is 1. The second kappa shape index (κ2) is 7.75. The number of benzene rings is 2. The van der Waals surface area contributed by atoms with Crippen LogP contribution in [0.4, 0.5) is 0 Å². The SMILES string of the molecule is CCC(=O)[C@H](C)N(Cc1ccccc1)Cc1ccccc1. The molecule has 21 heavy (non-hydrogen) atoms. The van der Waals surface area contributed by atoms with Crippen LogP contribution in [0.15, 0.2) is 60.7 Å². The first-order chi connectivity index (χ1) is 10.2. The van der Waals surface area contributed by atoms with E-state index >= 15 is 0 Å². The molecule has 2 nitrogen and oxygen atoms in total. The Balaban J connectivity index is 2.15. The summed E-state index contributed by atoms with van der Waals surface area (Å²) in [6.07, 6.45) is 0.585. The fourth-order valence-electron chi connectivity index (χ4n) is 2.46. The Hall–Kier alpha value is -1.93. The third-order valence-electron chi connectivity index (χ3n) is 3.82. The van der Waals surface area contributed by atoms with Gasteiger partial charge in [-0.15, -0.1) is 0 Å². The number of nitrogens with zero attached hydrogens (tertiary/aromatic N) is 1. The summed E-state index contributed by atoms with van der Waals surface area (Å²) in [6.45, 7) is 5.53. The Morgan fingerprint density at radius 2 is 1.33 bits per heavy atom. The van der Waals surface area contributed by atoms with Gasteiger partial charge in [0.05, 0.1) is 6.04 Å². The Morgan fingerprint density at radius 3 is 1.71 bits per heavy atom. The van der Waals surface area contributed by atoms with Gasteiger partial charge in [0, 0.05) is 19.5 Å². The molecule has 0 aliphatic rings. The first kappa shape index (κ1) is 15.5. The molecule has 0 saturated heterocycles. The summed E-state index contributed by atoms with van der Waals surface area (Å²) < 4.78 is 0. The molecule has 2 aromatic rings. The Bertz CT molecular complexity index is 509. The molecular formula is C19H23NO. The zero-order valence-electron chi connectivity index (χ0n) is 12.8. The summed E-state index contributed by atoms with van der Waals surface area (Å²) >= 11 is 0. The zero-order valence-corrected chi connectivity index (χ0v) is 12.8. The Kier molecular flexibility index (Phi) is 5.70. The highest BCUT2D eigenvalue weighted by atomic mass is 16.1. The van der Waals surface area contributed by atoms with Gasteiger partial charge in [-0.25, -0.2) is 0 Å². The maximum Gasteiger partial charge on any atom is 0.149 e. The standard InChI is InChI=1S/C19H23NO/c1-3-19(21)16(2)20(14-17-10-6-4-7-11-17)15-18-12-8-5-9-13-18/h4-13,16H,3,14-15H2,1-2H3/t16-/m0/s1. The summed E-state index contributed by atoms with van der Waals surface area (Å²) in [5.41, 5.74) is 2.48. The lowest BCUT2D eigenvalue weighted by Gasteiger charge is -2.28. The minimum absolute atomic E-state index is 0.0598. The first-order valence-electron chi connectivity index (χ1n) is 7.55. The highest BCUT2D eigenvalue weighted by Crippen LogP contribution is 2.14. The van der Waals surface area contributed by atoms with Crippen molar-refractivity contribution in [3.63, 3.8) is 0 Å². The van der Waals surface area contributed by atoms with E-state index in [-0.39, 0.29) is 6.04 Å². The highest BCUT2D eigenvalue weighted by molar-refractivity contribution is 5.83. The average molecular weight is 281 g/mol. The molecule has 0 bridgehead atoms. The van der Waals surface area contributed by atoms with Gasteiger partial charge in [0.1, 0.15) is 5.78 Å². The predicted molar refractivity (Wildman–Crippen MR) is 86.9 cm³/mol. The molecular weight excluding hydrogens is 258 g/mol. The van der Waals surface area contributed by atoms with E-state index in [1.807, 2.05) is 50.2 Å². The van der Waals surface area contributed by atoms with Crippen molar-refractivity contribution in [2.45, 2.75) is 39.4 Å². The second-order valence-electron chi connectivity index (χ2n) is 5.37. The van der Waals surface area contributed by atoms with Crippen LogP contribution < -0.4 is 0 Å². The first-order valence-corrected chi connectivity index (χ1v) is 7.55. The summed E-state index contributed by atoms with van der Waals surface area (Å²) in [7, 11) is 0. The van der Waals surface area contributed by atoms with Crippen molar-refractivity contribution in [1.82, 2.24) is 4.90 Å². The summed E-state index contributed by atoms with van der Waals surface area (Å²) in [5, 5.41) is 0. The van der Waals surface area contributed by atoms with E-state index in [2.05, 4.69) is 29.2 Å². The third-order valence-corrected chi connectivity index (χ3v) is 3.82. The van der Waals surface area contributed by atoms with Gasteiger partial charge in [-0.3, -0.25) is 9.69 Å². The smallest absolute Gasteiger partial charge is 0.149 e. The molecule has 2 rings (SSSR count). The van der Waals surface area contributed by atoms with Crippen molar-refractivity contribution in [1.29, 1.82) is 0 Å². The van der Waals surface area contributed by atoms with Crippen molar-refractivity contribution in [2.24, 2.45) is 0 Å². The lowest BCUT2D eigenvalue weighted by Crippen LogP contribution is -2.37. The molecule has 0 aliphatic heterocycles. The molecule has 0 spiro atoms. The lowest BCUT2D eigenvalue weighted by atomic mass is 10.1. The maximum absolute atomic E-state index is 12.1. The molecule has 110 valence electrons. The van der Waals surface area contributed by atoms with E-state index in [4.69, 9.17) is 0 Å². The zero-order chi connectivity index (χ0) is 15.1. The fourth-order valence-corrected chi connectivity index (χ4v) is 2.46. The molecule has 0 aromatic heterocycles. The van der Waals surface area contributed by atoms with Gasteiger partial charge in [0.15, 0.2) is 0 Å². The molecule has 2 heteroatoms. The van der Waals surface area contributed by atoms with Crippen molar-refractivity contribution in [3.8, 4) is 0 Å². The molecule has 2 aromatic carbocycles. The normalized spacial score (nSPS) is 12.3. The van der Waals surface area contributed by atoms with Crippen LogP contribution in [0.2, 0.25) is 0 Å². The lowest BCUT2D eigenvalue weighted by molar-refractivity contribution is -0.123. The predicted octanol–water partition coefficient (Wildman–Crippen LogP) is 4.06. The average Bonchev–Trinajstić information content (AvgIpc) is 2.54. The molecule has 0 N–H and O–H groups in total. The van der Waals surface area contributed by atoms with Crippen molar-refractivity contribution in [2.75, 3.05) is 0 Å². The summed E-state index contributed by atoms with van der Waals surface area (Å²) in [5.74, 6) is 0.293. The maximum atomic E-state index is 12.1. The van der Waals surface area contributed by atoms with Gasteiger partial charge in [-0.1, -0.05) is 67.6 Å². The van der Waals surface area contributed by atoms with Gasteiger partial charge in [0.25, 0.3) is 0 Å². The summed E-state index contributed by atoms with van der Waals surface area (Å²) in [6, 6.07) is 20.6. The quantitative estimate of drug-likeness (QED) is 0.763. The Labute approximate surface area is 127 Å². The third kappa shape index (κ3) is 4.54. The van der Waals surface area contributed by atoms with Gasteiger partial charge >= 0.3 is 0 Å². The molecule has 0 heterocycles. The van der Waals surface area contributed by atoms with E-state index in [0.717, 1.165) is 13.1 Å². The number of carbonyl (C=O) groups is 1. The van der Waals surface area contributed by atoms with Crippen molar-refractivity contribution < 1.29 is 4.79 Å². The summed E-state index contributed by atoms with van der Waals surface area (Å²) in [4.78, 5) is 14.3. The number of ketones is 1. The second-order valence-corrected chi connectivity index (χ2v) is 5.37. The number of Topliss-reactive ketones (excluding diaryl/α,β-unsaturated/α-hetero) is 1. The van der Waals surface area contributed by atoms with E-state index < -0.39 is 0 Å². The minimum Gasteiger partial charge on any atom is -0.298 e.